The third-order valence-corrected chi connectivity index (χ3v) is 6.07. The minimum Gasteiger partial charge on any atom is -0.341 e. The predicted molar refractivity (Wildman–Crippen MR) is 134 cm³/mol. The van der Waals surface area contributed by atoms with E-state index in [4.69, 9.17) is 0 Å². The second kappa shape index (κ2) is 9.00. The normalized spacial score (nSPS) is 13.0. The molecule has 1 N–H and O–H groups in total. The first-order chi connectivity index (χ1) is 14.4. The van der Waals surface area contributed by atoms with Gasteiger partial charge in [0.05, 0.1) is 6.04 Å². The first kappa shape index (κ1) is 23.3. The topological polar surface area (TPSA) is 29.1 Å². The van der Waals surface area contributed by atoms with Gasteiger partial charge in [-0.2, -0.15) is 0 Å². The zero-order valence-corrected chi connectivity index (χ0v) is 20.9. The van der Waals surface area contributed by atoms with Gasteiger partial charge in [0.25, 0.3) is 5.91 Å². The van der Waals surface area contributed by atoms with E-state index in [2.05, 4.69) is 81.0 Å². The van der Waals surface area contributed by atoms with Crippen molar-refractivity contribution in [1.82, 2.24) is 5.32 Å². The molecular weight excluding hydrogens is 446 g/mol. The highest BCUT2D eigenvalue weighted by atomic mass is 79.9. The highest BCUT2D eigenvalue weighted by Crippen LogP contribution is 2.31. The molecule has 0 aliphatic carbocycles. The minimum atomic E-state index is -0.224. The maximum Gasteiger partial charge on any atom is 0.252 e. The monoisotopic (exact) mass is 477 g/mol. The molecule has 162 valence electrons. The molecule has 0 heterocycles. The van der Waals surface area contributed by atoms with E-state index in [0.29, 0.717) is 5.56 Å². The Morgan fingerprint density at radius 1 is 0.742 bits per heavy atom. The number of benzene rings is 3. The molecule has 0 bridgehead atoms. The van der Waals surface area contributed by atoms with Gasteiger partial charge in [-0.25, -0.2) is 0 Å². The molecule has 3 aromatic rings. The zero-order valence-electron chi connectivity index (χ0n) is 19.3. The quantitative estimate of drug-likeness (QED) is 0.412. The summed E-state index contributed by atoms with van der Waals surface area (Å²) in [5.74, 6) is -0.0617. The second-order valence-electron chi connectivity index (χ2n) is 10.2. The third-order valence-electron chi connectivity index (χ3n) is 5.54. The van der Waals surface area contributed by atoms with Crippen molar-refractivity contribution in [1.29, 1.82) is 0 Å². The Balaban J connectivity index is 2.03. The standard InChI is InChI=1S/C28H32BrNO/c1-27(2,3)22-16-21(17-23(18-22)28(4,5)6)26(31)30-25(19-10-8-7-9-11-19)20-12-14-24(29)15-13-20/h7-18,25H,1-6H3,(H,30,31). The first-order valence-electron chi connectivity index (χ1n) is 10.7. The van der Waals surface area contributed by atoms with E-state index in [-0.39, 0.29) is 22.8 Å². The molecule has 0 saturated heterocycles. The number of hydrogen-bond donors (Lipinski definition) is 1. The molecule has 3 heteroatoms. The highest BCUT2D eigenvalue weighted by Gasteiger charge is 2.24. The molecule has 0 saturated carbocycles. The summed E-state index contributed by atoms with van der Waals surface area (Å²) < 4.78 is 1.02. The first-order valence-corrected chi connectivity index (χ1v) is 11.5. The van der Waals surface area contributed by atoms with Crippen molar-refractivity contribution in [3.8, 4) is 0 Å². The SMILES string of the molecule is CC(C)(C)c1cc(C(=O)NC(c2ccccc2)c2ccc(Br)cc2)cc(C(C)(C)C)c1. The van der Waals surface area contributed by atoms with Crippen LogP contribution in [0.4, 0.5) is 0 Å². The molecule has 0 aliphatic heterocycles. The molecule has 1 amide bonds. The van der Waals surface area contributed by atoms with Crippen LogP contribution in [0, 0.1) is 0 Å². The van der Waals surface area contributed by atoms with Crippen LogP contribution in [0.25, 0.3) is 0 Å². The molecule has 1 unspecified atom stereocenters. The lowest BCUT2D eigenvalue weighted by molar-refractivity contribution is 0.0942. The Labute approximate surface area is 195 Å². The van der Waals surface area contributed by atoms with Crippen molar-refractivity contribution < 1.29 is 4.79 Å². The van der Waals surface area contributed by atoms with E-state index in [0.717, 1.165) is 15.6 Å². The van der Waals surface area contributed by atoms with Gasteiger partial charge in [-0.15, -0.1) is 0 Å². The summed E-state index contributed by atoms with van der Waals surface area (Å²) >= 11 is 3.50. The minimum absolute atomic E-state index is 0.0408. The van der Waals surface area contributed by atoms with Crippen LogP contribution >= 0.6 is 15.9 Å². The summed E-state index contributed by atoms with van der Waals surface area (Å²) in [5, 5.41) is 3.29. The molecular formula is C28H32BrNO. The van der Waals surface area contributed by atoms with Crippen LogP contribution in [0.1, 0.15) is 80.2 Å². The number of amides is 1. The average molecular weight is 478 g/mol. The van der Waals surface area contributed by atoms with Crippen molar-refractivity contribution in [2.75, 3.05) is 0 Å². The molecule has 0 aliphatic rings. The Morgan fingerprint density at radius 3 is 1.71 bits per heavy atom. The lowest BCUT2D eigenvalue weighted by Gasteiger charge is -2.27. The summed E-state index contributed by atoms with van der Waals surface area (Å²) in [5.41, 5.74) is 5.07. The fourth-order valence-electron chi connectivity index (χ4n) is 3.50. The summed E-state index contributed by atoms with van der Waals surface area (Å²) in [6.45, 7) is 13.1. The Kier molecular flexibility index (Phi) is 6.76. The molecule has 31 heavy (non-hydrogen) atoms. The Hall–Kier alpha value is -2.39. The van der Waals surface area contributed by atoms with Gasteiger partial charge in [0.1, 0.15) is 0 Å². The predicted octanol–water partition coefficient (Wildman–Crippen LogP) is 7.56. The maximum absolute atomic E-state index is 13.5. The van der Waals surface area contributed by atoms with Gasteiger partial charge in [-0.05, 0) is 57.3 Å². The van der Waals surface area contributed by atoms with Crippen molar-refractivity contribution in [3.63, 3.8) is 0 Å². The van der Waals surface area contributed by atoms with Crippen LogP contribution in [0.5, 0.6) is 0 Å². The van der Waals surface area contributed by atoms with Gasteiger partial charge < -0.3 is 5.32 Å². The van der Waals surface area contributed by atoms with E-state index in [1.807, 2.05) is 54.6 Å². The van der Waals surface area contributed by atoms with Gasteiger partial charge in [0.15, 0.2) is 0 Å². The number of halogens is 1. The Morgan fingerprint density at radius 2 is 1.23 bits per heavy atom. The van der Waals surface area contributed by atoms with E-state index in [1.54, 1.807) is 0 Å². The molecule has 0 spiro atoms. The summed E-state index contributed by atoms with van der Waals surface area (Å²) in [4.78, 5) is 13.5. The largest absolute Gasteiger partial charge is 0.341 e. The number of carbonyl (C=O) groups excluding carboxylic acids is 1. The van der Waals surface area contributed by atoms with Crippen molar-refractivity contribution in [3.05, 3.63) is 105 Å². The van der Waals surface area contributed by atoms with Crippen LogP contribution in [0.15, 0.2) is 77.3 Å². The lowest BCUT2D eigenvalue weighted by Crippen LogP contribution is -2.30. The van der Waals surface area contributed by atoms with Crippen LogP contribution < -0.4 is 5.32 Å². The Bertz CT molecular complexity index is 1010. The van der Waals surface area contributed by atoms with Gasteiger partial charge in [0.2, 0.25) is 0 Å². The summed E-state index contributed by atoms with van der Waals surface area (Å²) in [6, 6.07) is 24.3. The molecule has 3 aromatic carbocycles. The zero-order chi connectivity index (χ0) is 22.8. The van der Waals surface area contributed by atoms with Crippen LogP contribution in [0.3, 0.4) is 0 Å². The van der Waals surface area contributed by atoms with Crippen molar-refractivity contribution >= 4 is 21.8 Å². The van der Waals surface area contributed by atoms with Crippen molar-refractivity contribution in [2.24, 2.45) is 0 Å². The summed E-state index contributed by atoms with van der Waals surface area (Å²) in [6.07, 6.45) is 0. The van der Waals surface area contributed by atoms with Crippen LogP contribution in [-0.4, -0.2) is 5.91 Å². The van der Waals surface area contributed by atoms with Gasteiger partial charge in [-0.3, -0.25) is 4.79 Å². The fraction of sp³-hybridized carbons (Fsp3) is 0.321. The molecule has 3 rings (SSSR count). The molecule has 0 fully saturated rings. The fourth-order valence-corrected chi connectivity index (χ4v) is 3.76. The smallest absolute Gasteiger partial charge is 0.252 e. The molecule has 2 nitrogen and oxygen atoms in total. The average Bonchev–Trinajstić information content (AvgIpc) is 2.71. The molecule has 0 radical (unpaired) electrons. The van der Waals surface area contributed by atoms with Gasteiger partial charge in [0, 0.05) is 10.0 Å². The van der Waals surface area contributed by atoms with Crippen LogP contribution in [0.2, 0.25) is 0 Å². The third kappa shape index (κ3) is 5.86. The van der Waals surface area contributed by atoms with E-state index >= 15 is 0 Å². The molecule has 1 atom stereocenters. The second-order valence-corrected chi connectivity index (χ2v) is 11.1. The number of nitrogens with one attached hydrogen (secondary N) is 1. The maximum atomic E-state index is 13.5. The number of hydrogen-bond acceptors (Lipinski definition) is 1. The summed E-state index contributed by atoms with van der Waals surface area (Å²) in [7, 11) is 0. The van der Waals surface area contributed by atoms with E-state index in [1.165, 1.54) is 11.1 Å². The van der Waals surface area contributed by atoms with E-state index in [9.17, 15) is 4.79 Å². The van der Waals surface area contributed by atoms with Crippen LogP contribution in [-0.2, 0) is 10.8 Å². The lowest BCUT2D eigenvalue weighted by atomic mass is 9.79. The van der Waals surface area contributed by atoms with E-state index < -0.39 is 0 Å². The van der Waals surface area contributed by atoms with Gasteiger partial charge in [-0.1, -0.05) is 106 Å². The van der Waals surface area contributed by atoms with Crippen molar-refractivity contribution in [2.45, 2.75) is 58.4 Å². The number of carbonyl (C=O) groups is 1. The highest BCUT2D eigenvalue weighted by molar-refractivity contribution is 9.10. The number of rotatable bonds is 4. The van der Waals surface area contributed by atoms with Gasteiger partial charge >= 0.3 is 0 Å². The molecule has 0 aromatic heterocycles.